The average molecular weight is 518 g/mol. The molecule has 35 heavy (non-hydrogen) atoms. The van der Waals surface area contributed by atoms with E-state index in [-0.39, 0.29) is 23.4 Å². The molecule has 0 aromatic heterocycles. The fourth-order valence-corrected chi connectivity index (χ4v) is 5.06. The zero-order chi connectivity index (χ0) is 25.3. The molecule has 0 aliphatic carbocycles. The van der Waals surface area contributed by atoms with Gasteiger partial charge in [0, 0.05) is 23.7 Å². The number of rotatable bonds is 12. The molecule has 0 radical (unpaired) electrons. The van der Waals surface area contributed by atoms with E-state index >= 15 is 0 Å². The normalized spacial score (nSPS) is 15.5. The molecule has 2 N–H and O–H groups in total. The predicted molar refractivity (Wildman–Crippen MR) is 138 cm³/mol. The third-order valence-corrected chi connectivity index (χ3v) is 7.44. The van der Waals surface area contributed by atoms with E-state index in [1.165, 1.54) is 0 Å². The van der Waals surface area contributed by atoms with E-state index in [0.29, 0.717) is 31.1 Å². The second-order valence-electron chi connectivity index (χ2n) is 8.43. The van der Waals surface area contributed by atoms with Gasteiger partial charge in [0.2, 0.25) is 15.9 Å². The Kier molecular flexibility index (Phi) is 9.99. The number of carbonyl (C=O) groups excluding carboxylic acids is 1. The molecule has 2 aromatic carbocycles. The van der Waals surface area contributed by atoms with Gasteiger partial charge < -0.3 is 15.0 Å². The van der Waals surface area contributed by atoms with Crippen molar-refractivity contribution in [2.24, 2.45) is 0 Å². The summed E-state index contributed by atoms with van der Waals surface area (Å²) in [6.07, 6.45) is 8.37. The zero-order valence-corrected chi connectivity index (χ0v) is 21.5. The van der Waals surface area contributed by atoms with Gasteiger partial charge in [-0.3, -0.25) is 4.79 Å². The second kappa shape index (κ2) is 12.9. The number of hydrogen-bond acceptors (Lipinski definition) is 5. The first-order valence-corrected chi connectivity index (χ1v) is 13.7. The van der Waals surface area contributed by atoms with Gasteiger partial charge in [-0.15, -0.1) is 6.42 Å². The highest BCUT2D eigenvalue weighted by Gasteiger charge is 2.27. The van der Waals surface area contributed by atoms with Crippen LogP contribution in [0.5, 0.6) is 5.75 Å². The van der Waals surface area contributed by atoms with Crippen molar-refractivity contribution in [1.29, 1.82) is 0 Å². The van der Waals surface area contributed by atoms with E-state index in [1.54, 1.807) is 30.3 Å². The molecule has 0 spiro atoms. The fraction of sp³-hybridized carbons (Fsp3) is 0.423. The molecule has 188 valence electrons. The maximum atomic E-state index is 13.4. The summed E-state index contributed by atoms with van der Waals surface area (Å²) in [5, 5.41) is 3.87. The number of amides is 1. The highest BCUT2D eigenvalue weighted by molar-refractivity contribution is 7.89. The lowest BCUT2D eigenvalue weighted by Crippen LogP contribution is -2.44. The number of nitrogens with zero attached hydrogens (tertiary/aromatic N) is 1. The first kappa shape index (κ1) is 27.0. The molecule has 1 heterocycles. The number of hydrogen-bond donors (Lipinski definition) is 2. The minimum absolute atomic E-state index is 0.0431. The molecule has 1 aliphatic heterocycles. The van der Waals surface area contributed by atoms with Gasteiger partial charge in [-0.2, -0.15) is 4.72 Å². The third-order valence-electron chi connectivity index (χ3n) is 5.78. The smallest absolute Gasteiger partial charge is 0.241 e. The summed E-state index contributed by atoms with van der Waals surface area (Å²) in [6, 6.07) is 11.9. The number of benzene rings is 2. The third kappa shape index (κ3) is 7.71. The van der Waals surface area contributed by atoms with Crippen LogP contribution in [0, 0.1) is 12.3 Å². The van der Waals surface area contributed by atoms with Crippen molar-refractivity contribution in [1.82, 2.24) is 14.9 Å². The van der Waals surface area contributed by atoms with Crippen LogP contribution in [0.4, 0.5) is 0 Å². The summed E-state index contributed by atoms with van der Waals surface area (Å²) in [6.45, 7) is 4.23. The molecule has 1 amide bonds. The van der Waals surface area contributed by atoms with Gasteiger partial charge in [-0.25, -0.2) is 8.42 Å². The van der Waals surface area contributed by atoms with Crippen LogP contribution in [0.1, 0.15) is 37.3 Å². The Morgan fingerprint density at radius 1 is 1.29 bits per heavy atom. The van der Waals surface area contributed by atoms with Crippen LogP contribution in [-0.4, -0.2) is 51.5 Å². The van der Waals surface area contributed by atoms with Gasteiger partial charge in [-0.05, 0) is 68.1 Å². The maximum absolute atomic E-state index is 13.4. The van der Waals surface area contributed by atoms with Gasteiger partial charge >= 0.3 is 0 Å². The van der Waals surface area contributed by atoms with E-state index < -0.39 is 10.0 Å². The number of ether oxygens (including phenoxy) is 1. The van der Waals surface area contributed by atoms with Crippen molar-refractivity contribution in [2.45, 2.75) is 50.1 Å². The summed E-state index contributed by atoms with van der Waals surface area (Å²) in [5.41, 5.74) is 1.78. The van der Waals surface area contributed by atoms with Crippen molar-refractivity contribution >= 4 is 27.5 Å². The van der Waals surface area contributed by atoms with Gasteiger partial charge in [0.25, 0.3) is 0 Å². The molecule has 1 atom stereocenters. The van der Waals surface area contributed by atoms with Crippen LogP contribution in [0.15, 0.2) is 47.4 Å². The second-order valence-corrected chi connectivity index (χ2v) is 10.6. The summed E-state index contributed by atoms with van der Waals surface area (Å²) < 4.78 is 32.7. The summed E-state index contributed by atoms with van der Waals surface area (Å²) in [4.78, 5) is 15.3. The Labute approximate surface area is 213 Å². The van der Waals surface area contributed by atoms with Crippen molar-refractivity contribution in [3.8, 4) is 18.1 Å². The lowest BCUT2D eigenvalue weighted by atomic mass is 10.1. The Balaban J connectivity index is 1.76. The first-order valence-electron chi connectivity index (χ1n) is 11.8. The Morgan fingerprint density at radius 3 is 2.71 bits per heavy atom. The first-order chi connectivity index (χ1) is 16.8. The number of halogens is 1. The Bertz CT molecular complexity index is 1140. The van der Waals surface area contributed by atoms with Gasteiger partial charge in [0.15, 0.2) is 0 Å². The van der Waals surface area contributed by atoms with Crippen molar-refractivity contribution < 1.29 is 17.9 Å². The van der Waals surface area contributed by atoms with E-state index in [0.717, 1.165) is 42.7 Å². The number of terminal acetylenes is 1. The monoisotopic (exact) mass is 517 g/mol. The minimum atomic E-state index is -3.64. The Morgan fingerprint density at radius 2 is 2.06 bits per heavy atom. The largest absolute Gasteiger partial charge is 0.493 e. The molecule has 0 unspecified atom stereocenters. The van der Waals surface area contributed by atoms with Gasteiger partial charge in [0.1, 0.15) is 5.75 Å². The van der Waals surface area contributed by atoms with E-state index in [1.807, 2.05) is 24.0 Å². The molecule has 7 nitrogen and oxygen atoms in total. The molecule has 1 saturated heterocycles. The standard InChI is InChI=1S/C26H32ClN3O4S/c1-3-14-29-35(32,33)23-10-7-20(8-11-23)13-16-30(26(31)24-6-5-15-28-24)19-21-18-22(27)9-12-25(21)34-17-4-2/h1,7-12,18,24,28-29H,4-6,13-17,19H2,2H3/t24-/m0/s1. The van der Waals surface area contributed by atoms with Crippen molar-refractivity contribution in [2.75, 3.05) is 26.2 Å². The van der Waals surface area contributed by atoms with Gasteiger partial charge in [0.05, 0.1) is 24.1 Å². The lowest BCUT2D eigenvalue weighted by molar-refractivity contribution is -0.133. The highest BCUT2D eigenvalue weighted by Crippen LogP contribution is 2.26. The zero-order valence-electron chi connectivity index (χ0n) is 19.9. The SMILES string of the molecule is C#CCNS(=O)(=O)c1ccc(CCN(Cc2cc(Cl)ccc2OCCC)C(=O)[C@@H]2CCCN2)cc1. The molecular weight excluding hydrogens is 486 g/mol. The predicted octanol–water partition coefficient (Wildman–Crippen LogP) is 3.36. The molecule has 2 aromatic rings. The minimum Gasteiger partial charge on any atom is -0.493 e. The highest BCUT2D eigenvalue weighted by atomic mass is 35.5. The lowest BCUT2D eigenvalue weighted by Gasteiger charge is -2.27. The van der Waals surface area contributed by atoms with E-state index in [9.17, 15) is 13.2 Å². The Hall–Kier alpha value is -2.57. The van der Waals surface area contributed by atoms with Crippen molar-refractivity contribution in [3.63, 3.8) is 0 Å². The average Bonchev–Trinajstić information content (AvgIpc) is 3.40. The molecule has 9 heteroatoms. The molecule has 1 aliphatic rings. The van der Waals surface area contributed by atoms with Crippen LogP contribution < -0.4 is 14.8 Å². The van der Waals surface area contributed by atoms with Crippen LogP contribution in [-0.2, 0) is 27.8 Å². The molecule has 0 bridgehead atoms. The molecule has 3 rings (SSSR count). The fourth-order valence-electron chi connectivity index (χ4n) is 3.93. The van der Waals surface area contributed by atoms with E-state index in [2.05, 4.69) is 16.0 Å². The van der Waals surface area contributed by atoms with Crippen LogP contribution in [0.25, 0.3) is 0 Å². The summed E-state index contributed by atoms with van der Waals surface area (Å²) in [5.74, 6) is 3.03. The van der Waals surface area contributed by atoms with Crippen molar-refractivity contribution in [3.05, 3.63) is 58.6 Å². The number of nitrogens with one attached hydrogen (secondary N) is 2. The molecule has 0 saturated carbocycles. The molecule has 1 fully saturated rings. The number of sulfonamides is 1. The number of carbonyl (C=O) groups is 1. The van der Waals surface area contributed by atoms with Crippen LogP contribution in [0.2, 0.25) is 5.02 Å². The summed E-state index contributed by atoms with van der Waals surface area (Å²) >= 11 is 6.26. The van der Waals surface area contributed by atoms with E-state index in [4.69, 9.17) is 22.8 Å². The topological polar surface area (TPSA) is 87.7 Å². The van der Waals surface area contributed by atoms with Crippen LogP contribution >= 0.6 is 11.6 Å². The summed E-state index contributed by atoms with van der Waals surface area (Å²) in [7, 11) is -3.64. The van der Waals surface area contributed by atoms with Crippen LogP contribution in [0.3, 0.4) is 0 Å². The quantitative estimate of drug-likeness (QED) is 0.421. The van der Waals surface area contributed by atoms with Gasteiger partial charge in [-0.1, -0.05) is 36.6 Å². The molecular formula is C26H32ClN3O4S. The maximum Gasteiger partial charge on any atom is 0.241 e.